The van der Waals surface area contributed by atoms with Crippen molar-refractivity contribution in [1.82, 2.24) is 20.5 Å². The highest BCUT2D eigenvalue weighted by Gasteiger charge is 2.27. The van der Waals surface area contributed by atoms with E-state index in [9.17, 15) is 19.2 Å². The van der Waals surface area contributed by atoms with Gasteiger partial charge in [0.1, 0.15) is 0 Å². The van der Waals surface area contributed by atoms with Crippen LogP contribution in [0.1, 0.15) is 37.7 Å². The number of carbonyl (C=O) groups excluding carboxylic acids is 2. The highest BCUT2D eigenvalue weighted by atomic mass is 35.5. The van der Waals surface area contributed by atoms with E-state index in [4.69, 9.17) is 16.0 Å². The van der Waals surface area contributed by atoms with Gasteiger partial charge in [0.2, 0.25) is 23.4 Å². The summed E-state index contributed by atoms with van der Waals surface area (Å²) >= 11 is 5.90. The van der Waals surface area contributed by atoms with Gasteiger partial charge >= 0.3 is 0 Å². The molecular weight excluding hydrogens is 443 g/mol. The van der Waals surface area contributed by atoms with Crippen LogP contribution < -0.4 is 16.2 Å². The summed E-state index contributed by atoms with van der Waals surface area (Å²) in [5.74, 6) is -2.07. The zero-order valence-electron chi connectivity index (χ0n) is 17.4. The minimum absolute atomic E-state index is 0.116. The van der Waals surface area contributed by atoms with Gasteiger partial charge in [-0.1, -0.05) is 25.7 Å². The predicted octanol–water partition coefficient (Wildman–Crippen LogP) is 3.00. The molecule has 174 valence electrons. The maximum Gasteiger partial charge on any atom is 0.243 e. The van der Waals surface area contributed by atoms with Crippen LogP contribution in [0.5, 0.6) is 0 Å². The molecule has 0 spiro atoms. The van der Waals surface area contributed by atoms with E-state index in [0.29, 0.717) is 30.4 Å². The largest absolute Gasteiger partial charge is 0.472 e. The number of nitrogens with zero attached hydrogens (tertiary/aromatic N) is 3. The number of halogens is 2. The van der Waals surface area contributed by atoms with Crippen LogP contribution in [0.4, 0.5) is 16.0 Å². The lowest BCUT2D eigenvalue weighted by Gasteiger charge is -2.22. The minimum atomic E-state index is -0.814. The van der Waals surface area contributed by atoms with Crippen molar-refractivity contribution < 1.29 is 23.6 Å². The molecule has 1 aliphatic rings. The quantitative estimate of drug-likeness (QED) is 0.162. The average Bonchev–Trinajstić information content (AvgIpc) is 3.48. The number of amides is 2. The van der Waals surface area contributed by atoms with Gasteiger partial charge in [0, 0.05) is 6.54 Å². The summed E-state index contributed by atoms with van der Waals surface area (Å²) in [6, 6.07) is 1.80. The third kappa shape index (κ3) is 6.79. The van der Waals surface area contributed by atoms with Crippen LogP contribution in [0.15, 0.2) is 23.0 Å². The van der Waals surface area contributed by atoms with Crippen molar-refractivity contribution in [3.63, 3.8) is 0 Å². The molecule has 1 aliphatic carbocycles. The zero-order valence-corrected chi connectivity index (χ0v) is 18.1. The van der Waals surface area contributed by atoms with E-state index < -0.39 is 17.6 Å². The van der Waals surface area contributed by atoms with Crippen molar-refractivity contribution in [1.29, 1.82) is 0 Å². The number of hydrogen-bond donors (Lipinski definition) is 4. The fourth-order valence-corrected chi connectivity index (χ4v) is 3.95. The van der Waals surface area contributed by atoms with Crippen LogP contribution in [0.3, 0.4) is 0 Å². The van der Waals surface area contributed by atoms with Crippen molar-refractivity contribution in [2.45, 2.75) is 38.5 Å². The summed E-state index contributed by atoms with van der Waals surface area (Å²) in [7, 11) is 0. The van der Waals surface area contributed by atoms with Crippen LogP contribution in [0.2, 0.25) is 5.28 Å². The van der Waals surface area contributed by atoms with Gasteiger partial charge in [-0.15, -0.1) is 0 Å². The molecule has 4 N–H and O–H groups in total. The van der Waals surface area contributed by atoms with Crippen LogP contribution in [0.25, 0.3) is 0 Å². The Kier molecular flexibility index (Phi) is 8.63. The minimum Gasteiger partial charge on any atom is -0.472 e. The molecule has 0 radical (unpaired) electrons. The molecule has 1 atom stereocenters. The Morgan fingerprint density at radius 1 is 1.38 bits per heavy atom. The zero-order chi connectivity index (χ0) is 22.9. The molecule has 0 aliphatic heterocycles. The van der Waals surface area contributed by atoms with E-state index in [0.717, 1.165) is 31.2 Å². The van der Waals surface area contributed by atoms with Gasteiger partial charge in [-0.2, -0.15) is 14.4 Å². The first-order valence-corrected chi connectivity index (χ1v) is 10.8. The molecular formula is C20H26ClFN6O4. The van der Waals surface area contributed by atoms with E-state index in [1.165, 1.54) is 0 Å². The van der Waals surface area contributed by atoms with Crippen molar-refractivity contribution in [3.8, 4) is 0 Å². The molecule has 2 amide bonds. The maximum absolute atomic E-state index is 14.8. The lowest BCUT2D eigenvalue weighted by Crippen LogP contribution is -2.41. The van der Waals surface area contributed by atoms with Crippen LogP contribution in [-0.2, 0) is 16.0 Å². The third-order valence-corrected chi connectivity index (χ3v) is 5.58. The molecule has 10 nitrogen and oxygen atoms in total. The molecule has 2 aromatic heterocycles. The molecule has 1 fully saturated rings. The van der Waals surface area contributed by atoms with Crippen molar-refractivity contribution in [2.24, 2.45) is 11.8 Å². The Morgan fingerprint density at radius 3 is 2.81 bits per heavy atom. The van der Waals surface area contributed by atoms with E-state index in [2.05, 4.69) is 26.1 Å². The smallest absolute Gasteiger partial charge is 0.243 e. The first-order chi connectivity index (χ1) is 15.5. The molecule has 3 rings (SSSR count). The summed E-state index contributed by atoms with van der Waals surface area (Å²) < 4.78 is 19.8. The lowest BCUT2D eigenvalue weighted by molar-refractivity contribution is -0.154. The normalized spacial score (nSPS) is 14.7. The molecule has 2 heterocycles. The molecule has 32 heavy (non-hydrogen) atoms. The fraction of sp³-hybridized carbons (Fsp3) is 0.500. The highest BCUT2D eigenvalue weighted by molar-refractivity contribution is 6.28. The van der Waals surface area contributed by atoms with Crippen molar-refractivity contribution >= 4 is 35.6 Å². The third-order valence-electron chi connectivity index (χ3n) is 5.41. The second-order valence-electron chi connectivity index (χ2n) is 7.74. The molecule has 0 bridgehead atoms. The van der Waals surface area contributed by atoms with Crippen LogP contribution in [-0.4, -0.2) is 45.6 Å². The van der Waals surface area contributed by atoms with E-state index in [-0.39, 0.29) is 29.9 Å². The van der Waals surface area contributed by atoms with Crippen LogP contribution >= 0.6 is 11.6 Å². The molecule has 0 saturated heterocycles. The van der Waals surface area contributed by atoms with Crippen molar-refractivity contribution in [2.75, 3.05) is 23.8 Å². The maximum atomic E-state index is 14.8. The number of anilines is 2. The standard InChI is InChI=1S/C20H26ClFN6O4/c21-20-24-17(23-7-5-14-6-8-32-11-14)16(22)18(25-20)26-27-19(30)15(10-28(31)12-29)9-13-3-1-2-4-13/h6,8,11-13,15,31H,1-5,7,9-10H2,(H,27,30)(H2,23,24,25,26)/t15-/m0/s1. The van der Waals surface area contributed by atoms with Gasteiger partial charge in [0.05, 0.1) is 25.0 Å². The fourth-order valence-electron chi connectivity index (χ4n) is 3.78. The predicted molar refractivity (Wildman–Crippen MR) is 114 cm³/mol. The molecule has 2 aromatic rings. The first-order valence-electron chi connectivity index (χ1n) is 10.4. The Hall–Kier alpha value is -2.92. The number of rotatable bonds is 12. The number of hydroxylamine groups is 2. The Morgan fingerprint density at radius 2 is 2.12 bits per heavy atom. The summed E-state index contributed by atoms with van der Waals surface area (Å²) in [6.07, 6.45) is 8.64. The monoisotopic (exact) mass is 468 g/mol. The van der Waals surface area contributed by atoms with E-state index >= 15 is 0 Å². The van der Waals surface area contributed by atoms with E-state index in [1.807, 2.05) is 0 Å². The van der Waals surface area contributed by atoms with Gasteiger partial charge in [0.25, 0.3) is 0 Å². The van der Waals surface area contributed by atoms with Crippen molar-refractivity contribution in [3.05, 3.63) is 35.3 Å². The Labute approximate surface area is 189 Å². The molecule has 0 unspecified atom stereocenters. The van der Waals surface area contributed by atoms with Gasteiger partial charge in [-0.3, -0.25) is 25.6 Å². The first kappa shape index (κ1) is 23.7. The summed E-state index contributed by atoms with van der Waals surface area (Å²) in [5, 5.41) is 12.6. The SMILES string of the molecule is O=CN(O)C[C@H](CC1CCCC1)C(=O)NNc1nc(Cl)nc(NCCc2ccoc2)c1F. The molecule has 12 heteroatoms. The lowest BCUT2D eigenvalue weighted by atomic mass is 9.92. The second kappa shape index (κ2) is 11.6. The topological polar surface area (TPSA) is 133 Å². The second-order valence-corrected chi connectivity index (χ2v) is 8.08. The molecule has 0 aromatic carbocycles. The number of hydrazine groups is 1. The Bertz CT molecular complexity index is 894. The number of aromatic nitrogens is 2. The number of nitrogens with one attached hydrogen (secondary N) is 3. The summed E-state index contributed by atoms with van der Waals surface area (Å²) in [6.45, 7) is 0.207. The highest BCUT2D eigenvalue weighted by Crippen LogP contribution is 2.30. The number of carbonyl (C=O) groups is 2. The summed E-state index contributed by atoms with van der Waals surface area (Å²) in [5.41, 5.74) is 5.78. The van der Waals surface area contributed by atoms with E-state index in [1.54, 1.807) is 18.6 Å². The summed E-state index contributed by atoms with van der Waals surface area (Å²) in [4.78, 5) is 31.1. The van der Waals surface area contributed by atoms with Crippen LogP contribution in [0, 0.1) is 17.7 Å². The number of hydrogen-bond acceptors (Lipinski definition) is 8. The van der Waals surface area contributed by atoms with Gasteiger partial charge in [-0.05, 0) is 42.0 Å². The van der Waals surface area contributed by atoms with Gasteiger partial charge in [0.15, 0.2) is 11.6 Å². The average molecular weight is 469 g/mol. The molecule has 1 saturated carbocycles. The van der Waals surface area contributed by atoms with Gasteiger partial charge in [-0.25, -0.2) is 5.06 Å². The van der Waals surface area contributed by atoms with Gasteiger partial charge < -0.3 is 9.73 Å². The number of furan rings is 1. The Balaban J connectivity index is 1.60.